The number of benzene rings is 2. The van der Waals surface area contributed by atoms with Gasteiger partial charge in [0.1, 0.15) is 0 Å². The first-order valence-corrected chi connectivity index (χ1v) is 12.9. The molecule has 0 saturated carbocycles. The van der Waals surface area contributed by atoms with E-state index in [1.807, 2.05) is 48.8 Å². The minimum absolute atomic E-state index is 0. The molecule has 2 heterocycles. The van der Waals surface area contributed by atoms with Gasteiger partial charge in [-0.05, 0) is 47.2 Å². The summed E-state index contributed by atoms with van der Waals surface area (Å²) in [6, 6.07) is 25.1. The first-order valence-electron chi connectivity index (χ1n) is 12.9. The zero-order valence-corrected chi connectivity index (χ0v) is 26.0. The number of allylic oxidation sites excluding steroid dienone is 10. The molecule has 4 aromatic rings. The van der Waals surface area contributed by atoms with Gasteiger partial charge in [0.05, 0.1) is 11.4 Å². The van der Waals surface area contributed by atoms with Crippen molar-refractivity contribution in [1.29, 1.82) is 0 Å². The molecule has 2 atom stereocenters. The maximum absolute atomic E-state index is 4.40. The molecule has 0 amide bonds. The van der Waals surface area contributed by atoms with Gasteiger partial charge >= 0.3 is 26.2 Å². The topological polar surface area (TPSA) is 25.8 Å². The normalized spacial score (nSPS) is 17.6. The van der Waals surface area contributed by atoms with Crippen LogP contribution in [0.5, 0.6) is 0 Å². The largest absolute Gasteiger partial charge is 4.00 e. The molecule has 4 aliphatic carbocycles. The van der Waals surface area contributed by atoms with Crippen LogP contribution in [0.3, 0.4) is 0 Å². The molecular formula is C36H24Cl2N2Zr. The number of pyridine rings is 2. The van der Waals surface area contributed by atoms with Crippen LogP contribution < -0.4 is 24.8 Å². The Balaban J connectivity index is 0.000000176. The predicted molar refractivity (Wildman–Crippen MR) is 153 cm³/mol. The summed E-state index contributed by atoms with van der Waals surface area (Å²) in [6.07, 6.45) is 27.8. The van der Waals surface area contributed by atoms with E-state index in [2.05, 4.69) is 107 Å². The zero-order chi connectivity index (χ0) is 25.3. The second-order valence-corrected chi connectivity index (χ2v) is 9.64. The summed E-state index contributed by atoms with van der Waals surface area (Å²) in [4.78, 5) is 8.81. The minimum atomic E-state index is 0. The standard InChI is InChI=1S/2C18H12N.2ClH.Zr/c2*1-2-6-16-13(5-1)11-15-12-14(8-9-17(15)16)18-7-3-4-10-19-18;;;/h2*1-10,12,16H;2*1H;/q2*-1;;;+4/p-2. The third-order valence-electron chi connectivity index (χ3n) is 7.31. The average Bonchev–Trinajstić information content (AvgIpc) is 3.56. The fourth-order valence-corrected chi connectivity index (χ4v) is 5.43. The number of fused-ring (bicyclic) bond motifs is 6. The third-order valence-corrected chi connectivity index (χ3v) is 7.31. The first-order chi connectivity index (χ1) is 18.8. The summed E-state index contributed by atoms with van der Waals surface area (Å²) in [5, 5.41) is 0. The number of nitrogens with zero attached hydrogens (tertiary/aromatic N) is 2. The van der Waals surface area contributed by atoms with Crippen LogP contribution in [0.15, 0.2) is 145 Å². The zero-order valence-electron chi connectivity index (χ0n) is 22.0. The minimum Gasteiger partial charge on any atom is -1.00 e. The van der Waals surface area contributed by atoms with E-state index >= 15 is 0 Å². The first kappa shape index (κ1) is 30.6. The van der Waals surface area contributed by atoms with Crippen LogP contribution in [0.2, 0.25) is 0 Å². The van der Waals surface area contributed by atoms with E-state index in [1.165, 1.54) is 33.4 Å². The van der Waals surface area contributed by atoms with Crippen LogP contribution in [0.1, 0.15) is 34.1 Å². The van der Waals surface area contributed by atoms with Crippen LogP contribution in [0, 0.1) is 12.2 Å². The molecule has 0 aliphatic heterocycles. The Hall–Kier alpha value is -3.36. The number of hydrogen-bond acceptors (Lipinski definition) is 2. The number of aromatic nitrogens is 2. The maximum atomic E-state index is 4.40. The van der Waals surface area contributed by atoms with Crippen molar-refractivity contribution in [3.63, 3.8) is 0 Å². The van der Waals surface area contributed by atoms with Crippen LogP contribution in [0.4, 0.5) is 0 Å². The van der Waals surface area contributed by atoms with Gasteiger partial charge in [-0.1, -0.05) is 60.7 Å². The van der Waals surface area contributed by atoms with Gasteiger partial charge in [-0.3, -0.25) is 9.97 Å². The Morgan fingerprint density at radius 1 is 0.537 bits per heavy atom. The van der Waals surface area contributed by atoms with Crippen LogP contribution in [0.25, 0.3) is 22.5 Å². The molecule has 2 nitrogen and oxygen atoms in total. The number of hydrogen-bond donors (Lipinski definition) is 0. The summed E-state index contributed by atoms with van der Waals surface area (Å²) in [7, 11) is 0. The van der Waals surface area contributed by atoms with Crippen molar-refractivity contribution in [3.8, 4) is 22.5 Å². The quantitative estimate of drug-likeness (QED) is 0.312. The van der Waals surface area contributed by atoms with Crippen molar-refractivity contribution >= 4 is 0 Å². The monoisotopic (exact) mass is 644 g/mol. The molecule has 8 rings (SSSR count). The van der Waals surface area contributed by atoms with E-state index in [0.717, 1.165) is 22.5 Å². The molecule has 0 fully saturated rings. The Morgan fingerprint density at radius 3 is 1.41 bits per heavy atom. The SMILES string of the molecule is [C-]1=C2C=CC=CC2c2ccc(-c3ccccn3)cc21.[C-]1=C2C=CC=CC2c2ccc(-c3ccccn3)cc21.[Cl-].[Cl-].[Zr+4]. The Labute approximate surface area is 273 Å². The summed E-state index contributed by atoms with van der Waals surface area (Å²) < 4.78 is 0. The predicted octanol–water partition coefficient (Wildman–Crippen LogP) is 2.10. The van der Waals surface area contributed by atoms with E-state index in [4.69, 9.17) is 0 Å². The Bertz CT molecular complexity index is 1590. The third kappa shape index (κ3) is 6.14. The van der Waals surface area contributed by atoms with E-state index in [-0.39, 0.29) is 51.0 Å². The maximum Gasteiger partial charge on any atom is 4.00 e. The molecule has 2 aromatic carbocycles. The molecule has 5 heteroatoms. The van der Waals surface area contributed by atoms with E-state index < -0.39 is 0 Å². The molecule has 0 N–H and O–H groups in total. The van der Waals surface area contributed by atoms with Crippen molar-refractivity contribution in [2.75, 3.05) is 0 Å². The summed E-state index contributed by atoms with van der Waals surface area (Å²) in [5.74, 6) is 0.774. The fourth-order valence-electron chi connectivity index (χ4n) is 5.43. The van der Waals surface area contributed by atoms with E-state index in [0.29, 0.717) is 11.8 Å². The summed E-state index contributed by atoms with van der Waals surface area (Å²) >= 11 is 0. The smallest absolute Gasteiger partial charge is 1.00 e. The molecule has 0 radical (unpaired) electrons. The van der Waals surface area contributed by atoms with Crippen molar-refractivity contribution in [2.45, 2.75) is 11.8 Å². The fraction of sp³-hybridized carbons (Fsp3) is 0.0556. The van der Waals surface area contributed by atoms with Gasteiger partial charge in [0.2, 0.25) is 0 Å². The van der Waals surface area contributed by atoms with E-state index in [9.17, 15) is 0 Å². The molecule has 0 bridgehead atoms. The van der Waals surface area contributed by atoms with Gasteiger partial charge in [0.25, 0.3) is 0 Å². The van der Waals surface area contributed by atoms with Crippen molar-refractivity contribution in [1.82, 2.24) is 9.97 Å². The Kier molecular flexibility index (Phi) is 10.1. The molecule has 2 unspecified atom stereocenters. The second-order valence-electron chi connectivity index (χ2n) is 9.64. The van der Waals surface area contributed by atoms with Gasteiger partial charge in [-0.2, -0.15) is 0 Å². The molecule has 196 valence electrons. The number of halogens is 2. The van der Waals surface area contributed by atoms with Gasteiger partial charge in [-0.25, -0.2) is 0 Å². The Morgan fingerprint density at radius 2 is 1.00 bits per heavy atom. The van der Waals surface area contributed by atoms with Gasteiger partial charge < -0.3 is 24.8 Å². The molecule has 4 aliphatic rings. The average molecular weight is 647 g/mol. The van der Waals surface area contributed by atoms with Crippen molar-refractivity contribution in [2.24, 2.45) is 0 Å². The molecule has 2 aromatic heterocycles. The summed E-state index contributed by atoms with van der Waals surface area (Å²) in [5.41, 5.74) is 11.9. The van der Waals surface area contributed by atoms with Gasteiger partial charge in [0, 0.05) is 12.4 Å². The van der Waals surface area contributed by atoms with Crippen molar-refractivity contribution in [3.05, 3.63) is 179 Å². The van der Waals surface area contributed by atoms with Crippen LogP contribution in [-0.2, 0) is 26.2 Å². The van der Waals surface area contributed by atoms with E-state index in [1.54, 1.807) is 0 Å². The van der Waals surface area contributed by atoms with Crippen LogP contribution >= 0.6 is 0 Å². The van der Waals surface area contributed by atoms with Gasteiger partial charge in [0.15, 0.2) is 0 Å². The van der Waals surface area contributed by atoms with Gasteiger partial charge in [-0.15, -0.1) is 82.0 Å². The number of rotatable bonds is 2. The summed E-state index contributed by atoms with van der Waals surface area (Å²) in [6.45, 7) is 0. The molecule has 0 spiro atoms. The van der Waals surface area contributed by atoms with Crippen LogP contribution in [-0.4, -0.2) is 9.97 Å². The molecular weight excluding hydrogens is 623 g/mol. The molecule has 41 heavy (non-hydrogen) atoms. The van der Waals surface area contributed by atoms with Crippen molar-refractivity contribution < 1.29 is 51.0 Å². The second kappa shape index (κ2) is 13.5. The molecule has 0 saturated heterocycles.